The van der Waals surface area contributed by atoms with E-state index in [9.17, 15) is 5.11 Å². The van der Waals surface area contributed by atoms with Crippen LogP contribution >= 0.6 is 27.5 Å². The normalized spacial score (nSPS) is 17.4. The Hall–Kier alpha value is -1.38. The van der Waals surface area contributed by atoms with Crippen LogP contribution in [0.1, 0.15) is 12.5 Å². The first-order chi connectivity index (χ1) is 12.9. The van der Waals surface area contributed by atoms with E-state index < -0.39 is 12.3 Å². The van der Waals surface area contributed by atoms with Gasteiger partial charge >= 0.3 is 0 Å². The van der Waals surface area contributed by atoms with E-state index in [1.165, 1.54) is 0 Å². The average Bonchev–Trinajstić information content (AvgIpc) is 2.64. The number of anilines is 2. The smallest absolute Gasteiger partial charge is 0.178 e. The fourth-order valence-electron chi connectivity index (χ4n) is 2.90. The Morgan fingerprint density at radius 2 is 2.07 bits per heavy atom. The Bertz CT molecular complexity index is 785. The summed E-state index contributed by atoms with van der Waals surface area (Å²) >= 11 is 9.72. The van der Waals surface area contributed by atoms with Gasteiger partial charge in [-0.05, 0) is 59.6 Å². The van der Waals surface area contributed by atoms with Crippen molar-refractivity contribution in [1.29, 1.82) is 0 Å². The van der Waals surface area contributed by atoms with Crippen molar-refractivity contribution in [3.05, 3.63) is 45.5 Å². The van der Waals surface area contributed by atoms with Crippen LogP contribution in [0.2, 0.25) is 5.02 Å². The van der Waals surface area contributed by atoms with E-state index in [-0.39, 0.29) is 0 Å². The number of pyridine rings is 1. The summed E-state index contributed by atoms with van der Waals surface area (Å²) in [5, 5.41) is 14.1. The first-order valence-electron chi connectivity index (χ1n) is 8.79. The number of rotatable bonds is 6. The summed E-state index contributed by atoms with van der Waals surface area (Å²) in [6.45, 7) is 6.36. The number of halogens is 2. The second-order valence-electron chi connectivity index (χ2n) is 6.51. The van der Waals surface area contributed by atoms with E-state index in [1.807, 2.05) is 13.0 Å². The molecule has 0 radical (unpaired) electrons. The number of hydrogen-bond acceptors (Lipinski definition) is 6. The van der Waals surface area contributed by atoms with Crippen molar-refractivity contribution in [3.8, 4) is 5.75 Å². The number of aryl methyl sites for hydroxylation is 1. The molecule has 0 saturated carbocycles. The number of aromatic nitrogens is 1. The number of morpholine rings is 1. The molecule has 1 aliphatic rings. The molecule has 1 aromatic heterocycles. The third-order valence-corrected chi connectivity index (χ3v) is 5.08. The largest absolute Gasteiger partial charge is 0.470 e. The monoisotopic (exact) mass is 455 g/mol. The van der Waals surface area contributed by atoms with Crippen molar-refractivity contribution < 1.29 is 14.6 Å². The molecular weight excluding hydrogens is 434 g/mol. The lowest BCUT2D eigenvalue weighted by atomic mass is 10.2. The fourth-order valence-corrected chi connectivity index (χ4v) is 3.63. The predicted octanol–water partition coefficient (Wildman–Crippen LogP) is 3.97. The summed E-state index contributed by atoms with van der Waals surface area (Å²) in [4.78, 5) is 6.49. The number of nitrogens with one attached hydrogen (secondary N) is 1. The molecule has 1 aromatic carbocycles. The molecule has 0 bridgehead atoms. The third kappa shape index (κ3) is 5.33. The van der Waals surface area contributed by atoms with Crippen molar-refractivity contribution in [2.75, 3.05) is 31.6 Å². The summed E-state index contributed by atoms with van der Waals surface area (Å²) in [7, 11) is 0. The molecule has 8 heteroatoms. The lowest BCUT2D eigenvalue weighted by molar-refractivity contribution is -0.0938. The highest BCUT2D eigenvalue weighted by Gasteiger charge is 2.27. The number of aliphatic hydroxyl groups is 1. The van der Waals surface area contributed by atoms with Crippen LogP contribution in [0.3, 0.4) is 0 Å². The molecule has 1 saturated heterocycles. The summed E-state index contributed by atoms with van der Waals surface area (Å²) in [6, 6.07) is 7.32. The van der Waals surface area contributed by atoms with Gasteiger partial charge in [0, 0.05) is 24.3 Å². The minimum absolute atomic E-state index is 0.481. The maximum absolute atomic E-state index is 10.3. The van der Waals surface area contributed by atoms with Gasteiger partial charge in [-0.15, -0.1) is 0 Å². The first-order valence-corrected chi connectivity index (χ1v) is 9.96. The SMILES string of the molecule is Cc1cnc(Nc2cc(Cl)ccc2OC(C(C)O)N2CCOCC2)c(Br)c1. The number of aliphatic hydroxyl groups excluding tert-OH is 1. The number of ether oxygens (including phenoxy) is 2. The van der Waals surface area contributed by atoms with E-state index in [0.717, 1.165) is 10.0 Å². The van der Waals surface area contributed by atoms with E-state index in [2.05, 4.69) is 31.1 Å². The van der Waals surface area contributed by atoms with Gasteiger partial charge in [-0.25, -0.2) is 4.98 Å². The molecule has 1 aliphatic heterocycles. The molecule has 2 atom stereocenters. The Kier molecular flexibility index (Phi) is 6.94. The fraction of sp³-hybridized carbons (Fsp3) is 0.421. The summed E-state index contributed by atoms with van der Waals surface area (Å²) in [6.07, 6.45) is 0.630. The van der Waals surface area contributed by atoms with Gasteiger partial charge in [0.2, 0.25) is 0 Å². The summed E-state index contributed by atoms with van der Waals surface area (Å²) in [5.74, 6) is 1.25. The highest BCUT2D eigenvalue weighted by molar-refractivity contribution is 9.10. The predicted molar refractivity (Wildman–Crippen MR) is 110 cm³/mol. The number of benzene rings is 1. The van der Waals surface area contributed by atoms with Crippen molar-refractivity contribution in [1.82, 2.24) is 9.88 Å². The molecule has 0 spiro atoms. The maximum atomic E-state index is 10.3. The van der Waals surface area contributed by atoms with E-state index in [1.54, 1.807) is 31.3 Å². The molecule has 146 valence electrons. The van der Waals surface area contributed by atoms with Gasteiger partial charge in [-0.3, -0.25) is 4.90 Å². The summed E-state index contributed by atoms with van der Waals surface area (Å²) < 4.78 is 12.4. The second-order valence-corrected chi connectivity index (χ2v) is 7.80. The van der Waals surface area contributed by atoms with Crippen LogP contribution in [0.25, 0.3) is 0 Å². The van der Waals surface area contributed by atoms with Crippen molar-refractivity contribution >= 4 is 39.0 Å². The van der Waals surface area contributed by atoms with Crippen LogP contribution in [0.4, 0.5) is 11.5 Å². The first kappa shape index (κ1) is 20.4. The molecule has 2 heterocycles. The zero-order valence-electron chi connectivity index (χ0n) is 15.3. The van der Waals surface area contributed by atoms with Crippen LogP contribution in [-0.4, -0.2) is 53.6 Å². The number of nitrogens with zero attached hydrogens (tertiary/aromatic N) is 2. The van der Waals surface area contributed by atoms with Gasteiger partial charge in [0.15, 0.2) is 6.23 Å². The van der Waals surface area contributed by atoms with Crippen molar-refractivity contribution in [2.24, 2.45) is 0 Å². The molecular formula is C19H23BrClN3O3. The van der Waals surface area contributed by atoms with Gasteiger partial charge in [0.05, 0.1) is 23.4 Å². The van der Waals surface area contributed by atoms with Gasteiger partial charge < -0.3 is 19.9 Å². The molecule has 1 fully saturated rings. The quantitative estimate of drug-likeness (QED) is 0.686. The molecule has 2 unspecified atom stereocenters. The minimum Gasteiger partial charge on any atom is -0.470 e. The van der Waals surface area contributed by atoms with Gasteiger partial charge in [-0.1, -0.05) is 11.6 Å². The lowest BCUT2D eigenvalue weighted by Gasteiger charge is -2.36. The minimum atomic E-state index is -0.670. The van der Waals surface area contributed by atoms with Gasteiger partial charge in [-0.2, -0.15) is 0 Å². The van der Waals surface area contributed by atoms with Crippen LogP contribution in [0.5, 0.6) is 5.75 Å². The highest BCUT2D eigenvalue weighted by atomic mass is 79.9. The van der Waals surface area contributed by atoms with E-state index >= 15 is 0 Å². The molecule has 27 heavy (non-hydrogen) atoms. The molecule has 6 nitrogen and oxygen atoms in total. The topological polar surface area (TPSA) is 66.9 Å². The zero-order chi connectivity index (χ0) is 19.4. The Labute approximate surface area is 172 Å². The Morgan fingerprint density at radius 1 is 1.33 bits per heavy atom. The molecule has 2 aromatic rings. The summed E-state index contributed by atoms with van der Waals surface area (Å²) in [5.41, 5.74) is 1.73. The molecule has 0 aliphatic carbocycles. The van der Waals surface area contributed by atoms with Crippen molar-refractivity contribution in [3.63, 3.8) is 0 Å². The second kappa shape index (κ2) is 9.21. The molecule has 3 rings (SSSR count). The van der Waals surface area contributed by atoms with Crippen LogP contribution in [-0.2, 0) is 4.74 Å². The standard InChI is InChI=1S/C19H23BrClN3O3/c1-12-9-15(20)18(22-11-12)23-16-10-14(21)3-4-17(16)27-19(13(2)25)24-5-7-26-8-6-24/h3-4,9-11,13,19,25H,5-8H2,1-2H3,(H,22,23). The van der Waals surface area contributed by atoms with Gasteiger partial charge in [0.1, 0.15) is 17.7 Å². The lowest BCUT2D eigenvalue weighted by Crippen LogP contribution is -2.51. The van der Waals surface area contributed by atoms with Crippen LogP contribution < -0.4 is 10.1 Å². The van der Waals surface area contributed by atoms with Crippen molar-refractivity contribution in [2.45, 2.75) is 26.2 Å². The average molecular weight is 457 g/mol. The highest BCUT2D eigenvalue weighted by Crippen LogP contribution is 2.34. The maximum Gasteiger partial charge on any atom is 0.178 e. The van der Waals surface area contributed by atoms with Crippen LogP contribution in [0.15, 0.2) is 34.9 Å². The van der Waals surface area contributed by atoms with E-state index in [4.69, 9.17) is 21.1 Å². The Morgan fingerprint density at radius 3 is 2.74 bits per heavy atom. The van der Waals surface area contributed by atoms with E-state index in [0.29, 0.717) is 48.6 Å². The number of hydrogen-bond donors (Lipinski definition) is 2. The molecule has 0 amide bonds. The zero-order valence-corrected chi connectivity index (χ0v) is 17.6. The van der Waals surface area contributed by atoms with Crippen LogP contribution in [0, 0.1) is 6.92 Å². The Balaban J connectivity index is 1.86. The third-order valence-electron chi connectivity index (χ3n) is 4.24. The van der Waals surface area contributed by atoms with Gasteiger partial charge in [0.25, 0.3) is 0 Å². The molecule has 2 N–H and O–H groups in total.